The van der Waals surface area contributed by atoms with Crippen molar-refractivity contribution >= 4 is 11.6 Å². The van der Waals surface area contributed by atoms with Gasteiger partial charge in [0.25, 0.3) is 0 Å². The minimum atomic E-state index is -1.30. The molecule has 0 spiro atoms. The van der Waals surface area contributed by atoms with Gasteiger partial charge in [-0.2, -0.15) is 4.39 Å². The van der Waals surface area contributed by atoms with Crippen LogP contribution in [-0.4, -0.2) is 10.1 Å². The molecule has 2 N–H and O–H groups in total. The number of halogens is 2. The summed E-state index contributed by atoms with van der Waals surface area (Å²) in [5, 5.41) is 14.2. The van der Waals surface area contributed by atoms with Gasteiger partial charge in [-0.15, -0.1) is 0 Å². The van der Waals surface area contributed by atoms with E-state index in [-0.39, 0.29) is 17.5 Å². The highest BCUT2D eigenvalue weighted by atomic mass is 19.1. The van der Waals surface area contributed by atoms with Crippen molar-refractivity contribution in [3.8, 4) is 11.3 Å². The molecule has 0 aliphatic rings. The summed E-state index contributed by atoms with van der Waals surface area (Å²) in [6.45, 7) is 3.47. The number of nitro benzene ring substituents is 1. The summed E-state index contributed by atoms with van der Waals surface area (Å²) in [5.41, 5.74) is 4.28. The number of nitrogen functional groups attached to an aromatic ring is 1. The quantitative estimate of drug-likeness (QED) is 0.689. The molecular weight excluding hydrogens is 272 g/mol. The second kappa shape index (κ2) is 4.87. The van der Waals surface area contributed by atoms with Crippen molar-refractivity contribution in [3.05, 3.63) is 39.4 Å². The zero-order chi connectivity index (χ0) is 15.0. The number of hydrogen-bond acceptors (Lipinski definition) is 5. The van der Waals surface area contributed by atoms with Crippen LogP contribution in [0.2, 0.25) is 0 Å². The van der Waals surface area contributed by atoms with Crippen molar-refractivity contribution in [2.45, 2.75) is 19.8 Å². The van der Waals surface area contributed by atoms with Crippen molar-refractivity contribution in [2.75, 3.05) is 5.73 Å². The van der Waals surface area contributed by atoms with Crippen molar-refractivity contribution in [1.82, 2.24) is 5.16 Å². The van der Waals surface area contributed by atoms with Crippen LogP contribution in [0.4, 0.5) is 20.4 Å². The highest BCUT2D eigenvalue weighted by Gasteiger charge is 2.28. The lowest BCUT2D eigenvalue weighted by molar-refractivity contribution is -0.387. The Kier molecular flexibility index (Phi) is 3.39. The third kappa shape index (κ3) is 2.09. The molecule has 0 atom stereocenters. The number of benzene rings is 1. The van der Waals surface area contributed by atoms with E-state index in [1.807, 2.05) is 0 Å². The van der Waals surface area contributed by atoms with E-state index in [1.165, 1.54) is 0 Å². The predicted octanol–water partition coefficient (Wildman–Crippen LogP) is 3.23. The molecule has 0 radical (unpaired) electrons. The van der Waals surface area contributed by atoms with Gasteiger partial charge in [0.1, 0.15) is 11.5 Å². The Morgan fingerprint density at radius 3 is 2.60 bits per heavy atom. The molecule has 2 rings (SSSR count). The molecule has 106 valence electrons. The molecule has 0 saturated heterocycles. The van der Waals surface area contributed by atoms with E-state index in [9.17, 15) is 18.9 Å². The zero-order valence-corrected chi connectivity index (χ0v) is 10.7. The lowest BCUT2D eigenvalue weighted by atomic mass is 9.98. The normalized spacial score (nSPS) is 11.1. The first-order chi connectivity index (χ1) is 9.34. The van der Waals surface area contributed by atoms with Gasteiger partial charge in [-0.1, -0.05) is 19.0 Å². The first-order valence-electron chi connectivity index (χ1n) is 5.72. The fourth-order valence-electron chi connectivity index (χ4n) is 1.95. The van der Waals surface area contributed by atoms with Gasteiger partial charge in [0, 0.05) is 11.6 Å². The van der Waals surface area contributed by atoms with Crippen LogP contribution in [0.1, 0.15) is 25.3 Å². The average Bonchev–Trinajstić information content (AvgIpc) is 2.70. The molecule has 1 aromatic carbocycles. The lowest BCUT2D eigenvalue weighted by Gasteiger charge is -2.07. The summed E-state index contributed by atoms with van der Waals surface area (Å²) in [6, 6.07) is 1.57. The highest BCUT2D eigenvalue weighted by molar-refractivity contribution is 5.71. The Labute approximate surface area is 112 Å². The number of hydrogen-bond donors (Lipinski definition) is 1. The van der Waals surface area contributed by atoms with Crippen molar-refractivity contribution in [2.24, 2.45) is 0 Å². The molecule has 0 unspecified atom stereocenters. The van der Waals surface area contributed by atoms with Crippen LogP contribution in [0.5, 0.6) is 0 Å². The monoisotopic (exact) mass is 283 g/mol. The molecule has 2 aromatic rings. The average molecular weight is 283 g/mol. The van der Waals surface area contributed by atoms with Crippen LogP contribution in [0.25, 0.3) is 11.3 Å². The summed E-state index contributed by atoms with van der Waals surface area (Å²) in [6.07, 6.45) is 0. The SMILES string of the molecule is CC(C)c1c(-c2c(F)ccc([N+](=O)[O-])c2F)noc1N. The number of nitrogens with two attached hydrogens (primary N) is 1. The summed E-state index contributed by atoms with van der Waals surface area (Å²) in [4.78, 5) is 9.78. The number of nitro groups is 1. The summed E-state index contributed by atoms with van der Waals surface area (Å²) in [5.74, 6) is -2.55. The van der Waals surface area contributed by atoms with Gasteiger partial charge in [0.15, 0.2) is 0 Å². The summed E-state index contributed by atoms with van der Waals surface area (Å²) in [7, 11) is 0. The maximum absolute atomic E-state index is 14.1. The van der Waals surface area contributed by atoms with E-state index < -0.39 is 27.8 Å². The van der Waals surface area contributed by atoms with Crippen LogP contribution in [-0.2, 0) is 0 Å². The maximum atomic E-state index is 14.1. The second-order valence-electron chi connectivity index (χ2n) is 4.48. The maximum Gasteiger partial charge on any atom is 0.305 e. The molecule has 0 bridgehead atoms. The minimum Gasteiger partial charge on any atom is -0.367 e. The molecule has 1 aromatic heterocycles. The van der Waals surface area contributed by atoms with Crippen molar-refractivity contribution in [3.63, 3.8) is 0 Å². The number of nitrogens with zero attached hydrogens (tertiary/aromatic N) is 2. The molecule has 0 aliphatic heterocycles. The highest BCUT2D eigenvalue weighted by Crippen LogP contribution is 2.37. The van der Waals surface area contributed by atoms with E-state index in [2.05, 4.69) is 5.16 Å². The Bertz CT molecular complexity index is 683. The molecule has 0 fully saturated rings. The van der Waals surface area contributed by atoms with Gasteiger partial charge >= 0.3 is 5.69 Å². The zero-order valence-electron chi connectivity index (χ0n) is 10.7. The van der Waals surface area contributed by atoms with Gasteiger partial charge < -0.3 is 10.3 Å². The predicted molar refractivity (Wildman–Crippen MR) is 67.0 cm³/mol. The van der Waals surface area contributed by atoms with Gasteiger partial charge in [-0.3, -0.25) is 10.1 Å². The van der Waals surface area contributed by atoms with Crippen LogP contribution in [0.15, 0.2) is 16.7 Å². The molecule has 20 heavy (non-hydrogen) atoms. The fraction of sp³-hybridized carbons (Fsp3) is 0.250. The number of aromatic nitrogens is 1. The third-order valence-corrected chi connectivity index (χ3v) is 2.84. The van der Waals surface area contributed by atoms with Crippen molar-refractivity contribution < 1.29 is 18.2 Å². The molecule has 0 amide bonds. The summed E-state index contributed by atoms with van der Waals surface area (Å²) >= 11 is 0. The number of rotatable bonds is 3. The molecule has 0 aliphatic carbocycles. The van der Waals surface area contributed by atoms with E-state index in [1.54, 1.807) is 13.8 Å². The topological polar surface area (TPSA) is 95.2 Å². The van der Waals surface area contributed by atoms with E-state index in [0.29, 0.717) is 5.56 Å². The van der Waals surface area contributed by atoms with Crippen LogP contribution < -0.4 is 5.73 Å². The van der Waals surface area contributed by atoms with Gasteiger partial charge in [0.05, 0.1) is 10.5 Å². The Morgan fingerprint density at radius 1 is 1.40 bits per heavy atom. The molecule has 0 saturated carbocycles. The van der Waals surface area contributed by atoms with E-state index in [0.717, 1.165) is 12.1 Å². The smallest absolute Gasteiger partial charge is 0.305 e. The van der Waals surface area contributed by atoms with E-state index in [4.69, 9.17) is 10.3 Å². The Balaban J connectivity index is 2.76. The first-order valence-corrected chi connectivity index (χ1v) is 5.72. The standard InChI is InChI=1S/C12H11F2N3O3/c1-5(2)8-11(16-20-12(8)15)9-6(13)3-4-7(10(9)14)17(18)19/h3-5H,15H2,1-2H3. The number of anilines is 1. The molecule has 8 heteroatoms. The Morgan fingerprint density at radius 2 is 2.05 bits per heavy atom. The van der Waals surface area contributed by atoms with Gasteiger partial charge in [0.2, 0.25) is 11.7 Å². The summed E-state index contributed by atoms with van der Waals surface area (Å²) < 4.78 is 32.7. The van der Waals surface area contributed by atoms with Crippen LogP contribution >= 0.6 is 0 Å². The minimum absolute atomic E-state index is 0.0692. The Hall–Kier alpha value is -2.51. The van der Waals surface area contributed by atoms with Gasteiger partial charge in [-0.25, -0.2) is 4.39 Å². The van der Waals surface area contributed by atoms with Crippen LogP contribution in [0.3, 0.4) is 0 Å². The van der Waals surface area contributed by atoms with Gasteiger partial charge in [-0.05, 0) is 12.0 Å². The molecular formula is C12H11F2N3O3. The molecule has 6 nitrogen and oxygen atoms in total. The second-order valence-corrected chi connectivity index (χ2v) is 4.48. The fourth-order valence-corrected chi connectivity index (χ4v) is 1.95. The first kappa shape index (κ1) is 13.9. The van der Waals surface area contributed by atoms with Crippen molar-refractivity contribution in [1.29, 1.82) is 0 Å². The largest absolute Gasteiger partial charge is 0.367 e. The lowest BCUT2D eigenvalue weighted by Crippen LogP contribution is -2.01. The third-order valence-electron chi connectivity index (χ3n) is 2.84. The van der Waals surface area contributed by atoms with Crippen LogP contribution in [0, 0.1) is 21.7 Å². The van der Waals surface area contributed by atoms with E-state index >= 15 is 0 Å². The molecule has 1 heterocycles.